The average molecular weight is 354 g/mol. The Hall–Kier alpha value is -2.38. The zero-order chi connectivity index (χ0) is 18.6. The monoisotopic (exact) mass is 354 g/mol. The second kappa shape index (κ2) is 7.67. The van der Waals surface area contributed by atoms with E-state index in [9.17, 15) is 18.0 Å². The van der Waals surface area contributed by atoms with Crippen molar-refractivity contribution < 1.29 is 18.0 Å². The molecule has 1 N–H and O–H groups in total. The van der Waals surface area contributed by atoms with E-state index in [0.29, 0.717) is 5.92 Å². The summed E-state index contributed by atoms with van der Waals surface area (Å²) in [4.78, 5) is 12.2. The number of hydrogen-bond donors (Lipinski definition) is 1. The average Bonchev–Trinajstić information content (AvgIpc) is 3.02. The normalized spacial score (nSPS) is 13.1. The van der Waals surface area contributed by atoms with Gasteiger partial charge in [-0.05, 0) is 37.8 Å². The highest BCUT2D eigenvalue weighted by molar-refractivity contribution is 5.92. The van der Waals surface area contributed by atoms with E-state index >= 15 is 0 Å². The molecule has 0 fully saturated rings. The van der Waals surface area contributed by atoms with Gasteiger partial charge in [-0.1, -0.05) is 31.2 Å². The van der Waals surface area contributed by atoms with Crippen LogP contribution in [0.25, 0.3) is 5.69 Å². The summed E-state index contributed by atoms with van der Waals surface area (Å²) < 4.78 is 40.2. The van der Waals surface area contributed by atoms with Gasteiger partial charge in [-0.3, -0.25) is 4.79 Å². The van der Waals surface area contributed by atoms with Crippen molar-refractivity contribution in [1.82, 2.24) is 20.3 Å². The van der Waals surface area contributed by atoms with Crippen molar-refractivity contribution in [2.75, 3.05) is 0 Å². The highest BCUT2D eigenvalue weighted by atomic mass is 19.4. The predicted octanol–water partition coefficient (Wildman–Crippen LogP) is 3.84. The number of halogens is 3. The van der Waals surface area contributed by atoms with Crippen LogP contribution in [0.1, 0.15) is 49.7 Å². The minimum Gasteiger partial charge on any atom is -0.348 e. The fourth-order valence-corrected chi connectivity index (χ4v) is 2.35. The van der Waals surface area contributed by atoms with Gasteiger partial charge in [-0.15, -0.1) is 5.10 Å². The van der Waals surface area contributed by atoms with Gasteiger partial charge in [0.25, 0.3) is 5.91 Å². The maximum atomic E-state index is 13.1. The standard InChI is InChI=1S/C17H21F3N4O/c1-11(2)8-9-12(3)21-16(25)14-10-24(23-22-14)15-7-5-4-6-13(15)17(18,19)20/h4-7,10-12H,8-9H2,1-3H3,(H,21,25). The summed E-state index contributed by atoms with van der Waals surface area (Å²) in [6, 6.07) is 4.96. The zero-order valence-corrected chi connectivity index (χ0v) is 14.3. The van der Waals surface area contributed by atoms with Gasteiger partial charge in [0, 0.05) is 6.04 Å². The molecule has 0 spiro atoms. The molecule has 0 aliphatic rings. The molecule has 25 heavy (non-hydrogen) atoms. The first-order valence-corrected chi connectivity index (χ1v) is 8.08. The van der Waals surface area contributed by atoms with Crippen LogP contribution in [0.4, 0.5) is 13.2 Å². The van der Waals surface area contributed by atoms with Gasteiger partial charge >= 0.3 is 6.18 Å². The van der Waals surface area contributed by atoms with Gasteiger partial charge in [-0.25, -0.2) is 4.68 Å². The molecule has 0 bridgehead atoms. The van der Waals surface area contributed by atoms with Crippen molar-refractivity contribution in [2.45, 2.75) is 45.8 Å². The number of hydrogen-bond acceptors (Lipinski definition) is 3. The Morgan fingerprint density at radius 2 is 1.88 bits per heavy atom. The lowest BCUT2D eigenvalue weighted by Crippen LogP contribution is -2.33. The Kier molecular flexibility index (Phi) is 5.81. The number of aromatic nitrogens is 3. The number of nitrogens with zero attached hydrogens (tertiary/aromatic N) is 3. The lowest BCUT2D eigenvalue weighted by Gasteiger charge is -2.14. The zero-order valence-electron chi connectivity index (χ0n) is 14.3. The molecule has 1 amide bonds. The molecule has 1 heterocycles. The maximum absolute atomic E-state index is 13.1. The molecule has 2 aromatic rings. The number of nitrogens with one attached hydrogen (secondary N) is 1. The third-order valence-corrected chi connectivity index (χ3v) is 3.74. The highest BCUT2D eigenvalue weighted by Crippen LogP contribution is 2.33. The molecule has 1 unspecified atom stereocenters. The minimum absolute atomic E-state index is 0.0200. The van der Waals surface area contributed by atoms with Crippen LogP contribution in [-0.4, -0.2) is 26.9 Å². The van der Waals surface area contributed by atoms with Gasteiger partial charge in [0.2, 0.25) is 0 Å². The number of rotatable bonds is 6. The van der Waals surface area contributed by atoms with Crippen molar-refractivity contribution in [3.8, 4) is 5.69 Å². The fraction of sp³-hybridized carbons (Fsp3) is 0.471. The van der Waals surface area contributed by atoms with Crippen molar-refractivity contribution in [3.63, 3.8) is 0 Å². The predicted molar refractivity (Wildman–Crippen MR) is 87.4 cm³/mol. The van der Waals surface area contributed by atoms with Gasteiger partial charge in [0.1, 0.15) is 0 Å². The molecule has 0 saturated carbocycles. The van der Waals surface area contributed by atoms with E-state index in [1.807, 2.05) is 6.92 Å². The van der Waals surface area contributed by atoms with Crippen molar-refractivity contribution in [3.05, 3.63) is 41.7 Å². The van der Waals surface area contributed by atoms with Crippen LogP contribution in [0.15, 0.2) is 30.5 Å². The summed E-state index contributed by atoms with van der Waals surface area (Å²) in [5.41, 5.74) is -1.03. The molecule has 2 rings (SSSR count). The Morgan fingerprint density at radius 3 is 2.52 bits per heavy atom. The molecule has 0 saturated heterocycles. The molecule has 1 atom stereocenters. The molecular formula is C17H21F3N4O. The second-order valence-corrected chi connectivity index (χ2v) is 6.41. The quantitative estimate of drug-likeness (QED) is 0.857. The topological polar surface area (TPSA) is 59.8 Å². The second-order valence-electron chi connectivity index (χ2n) is 6.41. The molecule has 0 aliphatic carbocycles. The third kappa shape index (κ3) is 5.04. The SMILES string of the molecule is CC(C)CCC(C)NC(=O)c1cn(-c2ccccc2C(F)(F)F)nn1. The Labute approximate surface area is 144 Å². The molecular weight excluding hydrogens is 333 g/mol. The summed E-state index contributed by atoms with van der Waals surface area (Å²) in [5.74, 6) is 0.0751. The van der Waals surface area contributed by atoms with Crippen LogP contribution in [0.3, 0.4) is 0 Å². The Morgan fingerprint density at radius 1 is 1.20 bits per heavy atom. The number of carbonyl (C=O) groups excluding carboxylic acids is 1. The van der Waals surface area contributed by atoms with Crippen LogP contribution in [0.2, 0.25) is 0 Å². The Bertz CT molecular complexity index is 725. The van der Waals surface area contributed by atoms with Gasteiger partial charge < -0.3 is 5.32 Å². The maximum Gasteiger partial charge on any atom is 0.418 e. The first-order valence-electron chi connectivity index (χ1n) is 8.08. The first kappa shape index (κ1) is 19.0. The van der Waals surface area contributed by atoms with Crippen LogP contribution < -0.4 is 5.32 Å². The van der Waals surface area contributed by atoms with E-state index in [0.717, 1.165) is 23.6 Å². The van der Waals surface area contributed by atoms with Gasteiger partial charge in [0.05, 0.1) is 17.4 Å². The highest BCUT2D eigenvalue weighted by Gasteiger charge is 2.34. The van der Waals surface area contributed by atoms with Gasteiger partial charge in [0.15, 0.2) is 5.69 Å². The lowest BCUT2D eigenvalue weighted by atomic mass is 10.0. The molecule has 0 radical (unpaired) electrons. The van der Waals surface area contributed by atoms with Crippen molar-refractivity contribution >= 4 is 5.91 Å². The lowest BCUT2D eigenvalue weighted by molar-refractivity contribution is -0.137. The summed E-state index contributed by atoms with van der Waals surface area (Å²) in [7, 11) is 0. The van der Waals surface area contributed by atoms with E-state index in [2.05, 4.69) is 29.5 Å². The number of benzene rings is 1. The Balaban J connectivity index is 2.14. The largest absolute Gasteiger partial charge is 0.418 e. The minimum atomic E-state index is -4.52. The molecule has 1 aromatic carbocycles. The molecule has 5 nitrogen and oxygen atoms in total. The smallest absolute Gasteiger partial charge is 0.348 e. The number of alkyl halides is 3. The van der Waals surface area contributed by atoms with Crippen LogP contribution >= 0.6 is 0 Å². The number of amides is 1. The van der Waals surface area contributed by atoms with Gasteiger partial charge in [-0.2, -0.15) is 13.2 Å². The number of para-hydroxylation sites is 1. The summed E-state index contributed by atoms with van der Waals surface area (Å²) in [6.07, 6.45) is -1.53. The summed E-state index contributed by atoms with van der Waals surface area (Å²) >= 11 is 0. The van der Waals surface area contributed by atoms with E-state index in [1.165, 1.54) is 24.4 Å². The molecule has 1 aromatic heterocycles. The third-order valence-electron chi connectivity index (χ3n) is 3.74. The first-order chi connectivity index (χ1) is 11.7. The van der Waals surface area contributed by atoms with Crippen LogP contribution in [0.5, 0.6) is 0 Å². The van der Waals surface area contributed by atoms with Crippen molar-refractivity contribution in [1.29, 1.82) is 0 Å². The molecule has 8 heteroatoms. The van der Waals surface area contributed by atoms with E-state index in [-0.39, 0.29) is 17.4 Å². The molecule has 0 aliphatic heterocycles. The fourth-order valence-electron chi connectivity index (χ4n) is 2.35. The van der Waals surface area contributed by atoms with E-state index in [1.54, 1.807) is 0 Å². The van der Waals surface area contributed by atoms with Crippen LogP contribution in [0, 0.1) is 5.92 Å². The summed E-state index contributed by atoms with van der Waals surface area (Å²) in [6.45, 7) is 6.07. The van der Waals surface area contributed by atoms with Crippen molar-refractivity contribution in [2.24, 2.45) is 5.92 Å². The number of carbonyl (C=O) groups is 1. The summed E-state index contributed by atoms with van der Waals surface area (Å²) in [5, 5.41) is 10.2. The van der Waals surface area contributed by atoms with Crippen LogP contribution in [-0.2, 0) is 6.18 Å². The van der Waals surface area contributed by atoms with E-state index in [4.69, 9.17) is 0 Å². The van der Waals surface area contributed by atoms with E-state index < -0.39 is 17.6 Å². The molecule has 136 valence electrons.